The number of alkyl halides is 3. The van der Waals surface area contributed by atoms with Crippen LogP contribution in [0, 0.1) is 5.82 Å². The molecule has 2 amide bonds. The molecule has 0 spiro atoms. The minimum atomic E-state index is -4.68. The lowest BCUT2D eigenvalue weighted by Crippen LogP contribution is -2.35. The van der Waals surface area contributed by atoms with Crippen molar-refractivity contribution in [3.05, 3.63) is 71.9 Å². The van der Waals surface area contributed by atoms with E-state index in [0.717, 1.165) is 22.1 Å². The van der Waals surface area contributed by atoms with Crippen molar-refractivity contribution < 1.29 is 41.7 Å². The predicted molar refractivity (Wildman–Crippen MR) is 141 cm³/mol. The second-order valence-corrected chi connectivity index (χ2v) is 9.04. The third-order valence-electron chi connectivity index (χ3n) is 6.66. The molecule has 1 N–H and O–H groups in total. The van der Waals surface area contributed by atoms with Crippen LogP contribution in [-0.4, -0.2) is 48.1 Å². The Hall–Kier alpha value is -4.65. The van der Waals surface area contributed by atoms with E-state index in [-0.39, 0.29) is 29.1 Å². The number of aliphatic hydroxyl groups excluding tert-OH is 1. The Bertz CT molecular complexity index is 1630. The van der Waals surface area contributed by atoms with Gasteiger partial charge in [-0.2, -0.15) is 13.2 Å². The van der Waals surface area contributed by atoms with Gasteiger partial charge in [0.25, 0.3) is 0 Å². The Balaban J connectivity index is 1.49. The predicted octanol–water partition coefficient (Wildman–Crippen LogP) is 5.92. The Kier molecular flexibility index (Phi) is 7.30. The molecule has 0 aliphatic carbocycles. The number of fused-ring (bicyclic) bond motifs is 1. The van der Waals surface area contributed by atoms with Gasteiger partial charge in [-0.15, -0.1) is 0 Å². The second kappa shape index (κ2) is 10.7. The molecule has 2 aromatic heterocycles. The Morgan fingerprint density at radius 3 is 2.44 bits per heavy atom. The number of nitrogens with zero attached hydrogens (tertiary/aromatic N) is 4. The first-order valence-electron chi connectivity index (χ1n) is 12.4. The van der Waals surface area contributed by atoms with E-state index in [1.54, 1.807) is 25.1 Å². The Labute approximate surface area is 231 Å². The molecule has 0 saturated carbocycles. The summed E-state index contributed by atoms with van der Waals surface area (Å²) in [6, 6.07) is 7.53. The number of hydrogen-bond donors (Lipinski definition) is 1. The summed E-state index contributed by atoms with van der Waals surface area (Å²) in [4.78, 5) is 22.8. The number of anilines is 2. The fourth-order valence-corrected chi connectivity index (χ4v) is 4.65. The first-order chi connectivity index (χ1) is 19.6. The van der Waals surface area contributed by atoms with Crippen molar-refractivity contribution in [2.45, 2.75) is 25.7 Å². The molecule has 1 aliphatic rings. The molecular weight excluding hydrogens is 548 g/mol. The third-order valence-corrected chi connectivity index (χ3v) is 6.66. The molecule has 0 bridgehead atoms. The smallest absolute Gasteiger partial charge is 0.417 e. The minimum Gasteiger partial charge on any atom is -0.493 e. The lowest BCUT2D eigenvalue weighted by Gasteiger charge is -2.23. The van der Waals surface area contributed by atoms with E-state index in [0.29, 0.717) is 34.3 Å². The summed E-state index contributed by atoms with van der Waals surface area (Å²) in [5, 5.41) is 11.2. The molecule has 1 unspecified atom stereocenters. The fraction of sp³-hybridized carbons (Fsp3) is 0.250. The summed E-state index contributed by atoms with van der Waals surface area (Å²) < 4.78 is 72.2. The number of pyridine rings is 2. The molecular formula is C28H24F4N4O5. The van der Waals surface area contributed by atoms with Gasteiger partial charge in [0.15, 0.2) is 23.5 Å². The van der Waals surface area contributed by atoms with Gasteiger partial charge in [-0.1, -0.05) is 6.92 Å². The van der Waals surface area contributed by atoms with E-state index in [2.05, 4.69) is 9.97 Å². The summed E-state index contributed by atoms with van der Waals surface area (Å²) in [6.07, 6.45) is -2.83. The normalized spacial score (nSPS) is 15.5. The molecule has 0 radical (unpaired) electrons. The van der Waals surface area contributed by atoms with Crippen molar-refractivity contribution in [2.24, 2.45) is 0 Å². The number of rotatable bonds is 7. The highest BCUT2D eigenvalue weighted by molar-refractivity contribution is 6.06. The van der Waals surface area contributed by atoms with Crippen LogP contribution in [0.1, 0.15) is 18.1 Å². The molecule has 13 heteroatoms. The van der Waals surface area contributed by atoms with Crippen LogP contribution in [-0.2, 0) is 12.6 Å². The van der Waals surface area contributed by atoms with E-state index in [4.69, 9.17) is 14.2 Å². The molecule has 1 atom stereocenters. The first kappa shape index (κ1) is 27.9. The number of carbonyl (C=O) groups is 1. The van der Waals surface area contributed by atoms with Gasteiger partial charge in [0.1, 0.15) is 11.5 Å². The molecule has 1 aliphatic heterocycles. The van der Waals surface area contributed by atoms with Gasteiger partial charge in [0, 0.05) is 29.4 Å². The maximum atomic E-state index is 15.9. The Morgan fingerprint density at radius 1 is 1.02 bits per heavy atom. The zero-order valence-corrected chi connectivity index (χ0v) is 22.1. The van der Waals surface area contributed by atoms with Crippen LogP contribution in [0.3, 0.4) is 0 Å². The summed E-state index contributed by atoms with van der Waals surface area (Å²) in [5.74, 6) is 0.615. The van der Waals surface area contributed by atoms with Crippen molar-refractivity contribution >= 4 is 28.3 Å². The van der Waals surface area contributed by atoms with Gasteiger partial charge in [0.2, 0.25) is 0 Å². The van der Waals surface area contributed by atoms with Crippen LogP contribution in [0.15, 0.2) is 55.0 Å². The lowest BCUT2D eigenvalue weighted by atomic mass is 10.1. The van der Waals surface area contributed by atoms with Crippen molar-refractivity contribution in [3.63, 3.8) is 0 Å². The van der Waals surface area contributed by atoms with Crippen LogP contribution in [0.5, 0.6) is 23.0 Å². The molecule has 1 saturated heterocycles. The van der Waals surface area contributed by atoms with E-state index >= 15 is 4.39 Å². The van der Waals surface area contributed by atoms with E-state index in [9.17, 15) is 23.1 Å². The molecule has 9 nitrogen and oxygen atoms in total. The highest BCUT2D eigenvalue weighted by Crippen LogP contribution is 2.40. The average molecular weight is 573 g/mol. The number of aliphatic hydroxyl groups is 1. The number of ether oxygens (including phenoxy) is 3. The molecule has 2 aromatic carbocycles. The van der Waals surface area contributed by atoms with Crippen molar-refractivity contribution in [1.82, 2.24) is 9.97 Å². The van der Waals surface area contributed by atoms with Crippen molar-refractivity contribution in [2.75, 3.05) is 30.6 Å². The molecule has 3 heterocycles. The molecule has 5 rings (SSSR count). The zero-order valence-electron chi connectivity index (χ0n) is 22.1. The van der Waals surface area contributed by atoms with E-state index in [1.807, 2.05) is 0 Å². The third kappa shape index (κ3) is 5.04. The van der Waals surface area contributed by atoms with Crippen LogP contribution < -0.4 is 24.0 Å². The molecule has 1 fully saturated rings. The SMILES string of the molecule is CCc1c(Oc2ccnc3cc(OC)c(OC)cc23)ccc(N2C(=O)N(c3cncc(C(F)(F)F)c3)CC2O)c1F. The van der Waals surface area contributed by atoms with Crippen LogP contribution in [0.2, 0.25) is 0 Å². The second-order valence-electron chi connectivity index (χ2n) is 9.04. The number of urea groups is 1. The molecule has 41 heavy (non-hydrogen) atoms. The topological polar surface area (TPSA) is 97.2 Å². The van der Waals surface area contributed by atoms with Gasteiger partial charge >= 0.3 is 12.2 Å². The summed E-state index contributed by atoms with van der Waals surface area (Å²) in [5.41, 5.74) is -0.826. The highest BCUT2D eigenvalue weighted by atomic mass is 19.4. The quantitative estimate of drug-likeness (QED) is 0.275. The van der Waals surface area contributed by atoms with Gasteiger partial charge < -0.3 is 19.3 Å². The summed E-state index contributed by atoms with van der Waals surface area (Å²) in [7, 11) is 2.99. The number of aromatic nitrogens is 2. The number of benzene rings is 2. The molecule has 214 valence electrons. The van der Waals surface area contributed by atoms with Crippen LogP contribution >= 0.6 is 0 Å². The zero-order chi connectivity index (χ0) is 29.5. The average Bonchev–Trinajstić information content (AvgIpc) is 3.25. The number of β-amino-alcohol motifs (C(OH)–C–C–N with tert-alkyl or cyclic N) is 1. The minimum absolute atomic E-state index is 0.118. The number of hydrogen-bond acceptors (Lipinski definition) is 7. The largest absolute Gasteiger partial charge is 0.493 e. The number of amides is 2. The van der Waals surface area contributed by atoms with Gasteiger partial charge in [0.05, 0.1) is 49.4 Å². The number of carbonyl (C=O) groups excluding carboxylic acids is 1. The standard InChI is InChI=1S/C28H24F4N4O5/c1-4-17-21(41-22-7-8-34-19-11-24(40-3)23(39-2)10-18(19)22)6-5-20(26(17)29)36-25(37)14-35(27(36)38)16-9-15(12-33-13-16)28(30,31)32/h5-13,25,37H,4,14H2,1-3H3. The maximum absolute atomic E-state index is 15.9. The lowest BCUT2D eigenvalue weighted by molar-refractivity contribution is -0.137. The monoisotopic (exact) mass is 572 g/mol. The van der Waals surface area contributed by atoms with E-state index in [1.165, 1.54) is 32.5 Å². The van der Waals surface area contributed by atoms with Crippen LogP contribution in [0.25, 0.3) is 10.9 Å². The molecule has 4 aromatic rings. The van der Waals surface area contributed by atoms with Gasteiger partial charge in [-0.3, -0.25) is 19.8 Å². The van der Waals surface area contributed by atoms with Gasteiger partial charge in [-0.05, 0) is 36.8 Å². The maximum Gasteiger partial charge on any atom is 0.417 e. The summed E-state index contributed by atoms with van der Waals surface area (Å²) >= 11 is 0. The fourth-order valence-electron chi connectivity index (χ4n) is 4.65. The highest BCUT2D eigenvalue weighted by Gasteiger charge is 2.41. The number of methoxy groups -OCH3 is 2. The van der Waals surface area contributed by atoms with Gasteiger partial charge in [-0.25, -0.2) is 9.18 Å². The Morgan fingerprint density at radius 2 is 1.76 bits per heavy atom. The number of halogens is 4. The summed E-state index contributed by atoms with van der Waals surface area (Å²) in [6.45, 7) is 1.30. The first-order valence-corrected chi connectivity index (χ1v) is 12.4. The van der Waals surface area contributed by atoms with Crippen molar-refractivity contribution in [1.29, 1.82) is 0 Å². The van der Waals surface area contributed by atoms with Crippen LogP contribution in [0.4, 0.5) is 33.7 Å². The van der Waals surface area contributed by atoms with E-state index < -0.39 is 36.4 Å². The van der Waals surface area contributed by atoms with Crippen molar-refractivity contribution in [3.8, 4) is 23.0 Å².